The summed E-state index contributed by atoms with van der Waals surface area (Å²) in [7, 11) is 3.06. The fraction of sp³-hybridized carbons (Fsp3) is 0.278. The Morgan fingerprint density at radius 1 is 1.07 bits per heavy atom. The number of methoxy groups -OCH3 is 2. The van der Waals surface area contributed by atoms with Crippen molar-refractivity contribution in [1.82, 2.24) is 0 Å². The van der Waals surface area contributed by atoms with Crippen molar-refractivity contribution >= 4 is 35.6 Å². The largest absolute Gasteiger partial charge is 0.493 e. The summed E-state index contributed by atoms with van der Waals surface area (Å²) in [4.78, 5) is 4.29. The highest BCUT2D eigenvalue weighted by atomic mass is 127. The van der Waals surface area contributed by atoms with E-state index in [1.807, 2.05) is 0 Å². The Balaban J connectivity index is 0.00000261. The lowest BCUT2D eigenvalue weighted by Crippen LogP contribution is -2.23. The maximum Gasteiger partial charge on any atom is 0.194 e. The minimum absolute atomic E-state index is 0. The Labute approximate surface area is 171 Å². The second-order valence-electron chi connectivity index (χ2n) is 5.92. The number of hydrogen-bond acceptors (Lipinski definition) is 3. The van der Waals surface area contributed by atoms with Gasteiger partial charge in [0.1, 0.15) is 0 Å². The van der Waals surface area contributed by atoms with Gasteiger partial charge in [-0.3, -0.25) is 0 Å². The smallest absolute Gasteiger partial charge is 0.194 e. The van der Waals surface area contributed by atoms with Crippen LogP contribution in [-0.4, -0.2) is 26.2 Å². The highest BCUT2D eigenvalue weighted by molar-refractivity contribution is 14.0. The van der Waals surface area contributed by atoms with Crippen molar-refractivity contribution in [3.63, 3.8) is 0 Å². The fourth-order valence-corrected chi connectivity index (χ4v) is 2.74. The summed E-state index contributed by atoms with van der Waals surface area (Å²) >= 11 is 0. The molecule has 0 amide bonds. The van der Waals surface area contributed by atoms with Crippen LogP contribution in [0.1, 0.15) is 17.9 Å². The topological polar surface area (TPSA) is 68.9 Å². The standard InChI is InChI=1S/C18H18F3N3O2.HI/c1-25-15-4-3-10(7-16(15)26-2)23-18(22)24-14-8-11(14)9-5-12(19)17(21)13(20)6-9;/h3-7,11,14H,8H2,1-2H3,(H3,22,23,24);1H/t11-,14+;/m0./s1. The number of nitrogens with zero attached hydrogens (tertiary/aromatic N) is 1. The van der Waals surface area contributed by atoms with Gasteiger partial charge >= 0.3 is 0 Å². The van der Waals surface area contributed by atoms with E-state index < -0.39 is 17.5 Å². The molecule has 3 N–H and O–H groups in total. The van der Waals surface area contributed by atoms with Gasteiger partial charge in [0.2, 0.25) is 0 Å². The third kappa shape index (κ3) is 4.76. The number of nitrogens with one attached hydrogen (secondary N) is 1. The second kappa shape index (κ2) is 8.68. The maximum atomic E-state index is 13.3. The first-order valence-electron chi connectivity index (χ1n) is 7.89. The van der Waals surface area contributed by atoms with Crippen molar-refractivity contribution in [3.05, 3.63) is 53.3 Å². The molecule has 2 atom stereocenters. The number of anilines is 1. The van der Waals surface area contributed by atoms with Crippen LogP contribution in [0.5, 0.6) is 11.5 Å². The number of guanidine groups is 1. The molecule has 0 spiro atoms. The zero-order valence-electron chi connectivity index (χ0n) is 14.6. The molecule has 1 aliphatic rings. The Morgan fingerprint density at radius 3 is 2.30 bits per heavy atom. The van der Waals surface area contributed by atoms with E-state index in [0.29, 0.717) is 29.2 Å². The molecule has 5 nitrogen and oxygen atoms in total. The first-order chi connectivity index (χ1) is 12.4. The molecule has 0 radical (unpaired) electrons. The van der Waals surface area contributed by atoms with Crippen molar-refractivity contribution in [3.8, 4) is 11.5 Å². The first-order valence-corrected chi connectivity index (χ1v) is 7.89. The number of halogens is 4. The number of hydrogen-bond donors (Lipinski definition) is 2. The second-order valence-corrected chi connectivity index (χ2v) is 5.92. The molecule has 146 valence electrons. The summed E-state index contributed by atoms with van der Waals surface area (Å²) in [6, 6.07) is 6.95. The van der Waals surface area contributed by atoms with Crippen LogP contribution in [0.25, 0.3) is 0 Å². The zero-order chi connectivity index (χ0) is 18.8. The van der Waals surface area contributed by atoms with Gasteiger partial charge in [0, 0.05) is 17.7 Å². The van der Waals surface area contributed by atoms with Crippen LogP contribution >= 0.6 is 24.0 Å². The van der Waals surface area contributed by atoms with Crippen LogP contribution < -0.4 is 20.5 Å². The molecule has 0 aliphatic heterocycles. The SMILES string of the molecule is COc1ccc(NC(N)=N[C@@H]2C[C@H]2c2cc(F)c(F)c(F)c2)cc1OC.I. The van der Waals surface area contributed by atoms with Crippen LogP contribution in [0.4, 0.5) is 18.9 Å². The monoisotopic (exact) mass is 493 g/mol. The predicted octanol–water partition coefficient (Wildman–Crippen LogP) is 4.02. The summed E-state index contributed by atoms with van der Waals surface area (Å²) < 4.78 is 50.1. The summed E-state index contributed by atoms with van der Waals surface area (Å²) in [5.41, 5.74) is 6.91. The molecule has 1 saturated carbocycles. The zero-order valence-corrected chi connectivity index (χ0v) is 17.0. The summed E-state index contributed by atoms with van der Waals surface area (Å²) in [5, 5.41) is 2.93. The average Bonchev–Trinajstić information content (AvgIpc) is 3.37. The van der Waals surface area contributed by atoms with Crippen LogP contribution in [0.3, 0.4) is 0 Å². The Bertz CT molecular complexity index is 841. The molecule has 2 aromatic rings. The van der Waals surface area contributed by atoms with Gasteiger partial charge in [0.05, 0.1) is 20.3 Å². The first kappa shape index (κ1) is 21.1. The average molecular weight is 493 g/mol. The molecule has 2 aromatic carbocycles. The van der Waals surface area contributed by atoms with E-state index in [-0.39, 0.29) is 41.9 Å². The van der Waals surface area contributed by atoms with Crippen molar-refractivity contribution in [1.29, 1.82) is 0 Å². The van der Waals surface area contributed by atoms with Crippen molar-refractivity contribution in [2.45, 2.75) is 18.4 Å². The van der Waals surface area contributed by atoms with Crippen LogP contribution in [0.15, 0.2) is 35.3 Å². The van der Waals surface area contributed by atoms with Gasteiger partial charge in [0.15, 0.2) is 34.9 Å². The molecule has 0 saturated heterocycles. The van der Waals surface area contributed by atoms with E-state index in [9.17, 15) is 13.2 Å². The molecule has 0 bridgehead atoms. The molecule has 9 heteroatoms. The lowest BCUT2D eigenvalue weighted by molar-refractivity contribution is 0.355. The van der Waals surface area contributed by atoms with Crippen LogP contribution in [-0.2, 0) is 0 Å². The summed E-state index contributed by atoms with van der Waals surface area (Å²) in [5.74, 6) is -2.79. The lowest BCUT2D eigenvalue weighted by atomic mass is 10.1. The quantitative estimate of drug-likeness (QED) is 0.286. The fourth-order valence-electron chi connectivity index (χ4n) is 2.74. The van der Waals surface area contributed by atoms with Crippen molar-refractivity contribution in [2.75, 3.05) is 19.5 Å². The number of benzene rings is 2. The number of rotatable bonds is 5. The van der Waals surface area contributed by atoms with Gasteiger partial charge in [-0.15, -0.1) is 24.0 Å². The van der Waals surface area contributed by atoms with Gasteiger partial charge in [-0.2, -0.15) is 0 Å². The van der Waals surface area contributed by atoms with E-state index >= 15 is 0 Å². The molecule has 0 aromatic heterocycles. The number of ether oxygens (including phenoxy) is 2. The van der Waals surface area contributed by atoms with Crippen molar-refractivity contribution in [2.24, 2.45) is 10.7 Å². The number of nitrogens with two attached hydrogens (primary N) is 1. The molecule has 1 fully saturated rings. The molecule has 27 heavy (non-hydrogen) atoms. The summed E-state index contributed by atoms with van der Waals surface area (Å²) in [6.07, 6.45) is 0.582. The van der Waals surface area contributed by atoms with Gasteiger partial charge in [0.25, 0.3) is 0 Å². The van der Waals surface area contributed by atoms with E-state index in [4.69, 9.17) is 15.2 Å². The maximum absolute atomic E-state index is 13.3. The highest BCUT2D eigenvalue weighted by Gasteiger charge is 2.39. The third-order valence-corrected chi connectivity index (χ3v) is 4.15. The molecular weight excluding hydrogens is 474 g/mol. The highest BCUT2D eigenvalue weighted by Crippen LogP contribution is 2.44. The normalized spacial score (nSPS) is 18.5. The molecular formula is C18H19F3IN3O2. The van der Waals surface area contributed by atoms with E-state index in [2.05, 4.69) is 10.3 Å². The third-order valence-electron chi connectivity index (χ3n) is 4.15. The van der Waals surface area contributed by atoms with Crippen LogP contribution in [0, 0.1) is 17.5 Å². The van der Waals surface area contributed by atoms with Crippen LogP contribution in [0.2, 0.25) is 0 Å². The van der Waals surface area contributed by atoms with Crippen molar-refractivity contribution < 1.29 is 22.6 Å². The van der Waals surface area contributed by atoms with E-state index in [1.54, 1.807) is 18.2 Å². The minimum atomic E-state index is -1.47. The molecule has 0 heterocycles. The van der Waals surface area contributed by atoms with Gasteiger partial charge in [-0.25, -0.2) is 18.2 Å². The minimum Gasteiger partial charge on any atom is -0.493 e. The Kier molecular flexibility index (Phi) is 6.79. The van der Waals surface area contributed by atoms with Gasteiger partial charge < -0.3 is 20.5 Å². The Hall–Kier alpha value is -2.17. The van der Waals surface area contributed by atoms with E-state index in [1.165, 1.54) is 14.2 Å². The van der Waals surface area contributed by atoms with E-state index in [0.717, 1.165) is 12.1 Å². The molecule has 1 aliphatic carbocycles. The van der Waals surface area contributed by atoms with Gasteiger partial charge in [-0.1, -0.05) is 0 Å². The lowest BCUT2D eigenvalue weighted by Gasteiger charge is -2.11. The molecule has 0 unspecified atom stereocenters. The van der Waals surface area contributed by atoms with Gasteiger partial charge in [-0.05, 0) is 36.2 Å². The summed E-state index contributed by atoms with van der Waals surface area (Å²) in [6.45, 7) is 0. The number of aliphatic imine (C=N–C) groups is 1. The predicted molar refractivity (Wildman–Crippen MR) is 108 cm³/mol. The Morgan fingerprint density at radius 2 is 1.70 bits per heavy atom. The molecule has 3 rings (SSSR count).